The molecule has 0 unspecified atom stereocenters. The predicted octanol–water partition coefficient (Wildman–Crippen LogP) is 5.11. The normalized spacial score (nSPS) is 17.2. The number of nitrogens with zero attached hydrogens (tertiary/aromatic N) is 2. The van der Waals surface area contributed by atoms with Crippen molar-refractivity contribution in [2.45, 2.75) is 25.5 Å². The number of halogens is 4. The van der Waals surface area contributed by atoms with Gasteiger partial charge in [-0.3, -0.25) is 9.69 Å². The number of hydrogen-bond donors (Lipinski definition) is 1. The van der Waals surface area contributed by atoms with E-state index in [2.05, 4.69) is 10.2 Å². The van der Waals surface area contributed by atoms with Crippen molar-refractivity contribution in [1.29, 1.82) is 0 Å². The SMILES string of the molecule is O=C(c1ccc(-c2cc(F)c(F)c(F)c2)o1)N1CCN(Cc2ccc(OC3CCNCC3)c(Cl)c2)CC1. The molecule has 0 saturated carbocycles. The molecule has 37 heavy (non-hydrogen) atoms. The summed E-state index contributed by atoms with van der Waals surface area (Å²) in [6.45, 7) is 4.92. The predicted molar refractivity (Wildman–Crippen MR) is 133 cm³/mol. The summed E-state index contributed by atoms with van der Waals surface area (Å²) in [7, 11) is 0. The lowest BCUT2D eigenvalue weighted by Gasteiger charge is -2.34. The number of benzene rings is 2. The Morgan fingerprint density at radius 2 is 1.70 bits per heavy atom. The molecular formula is C27H27ClF3N3O3. The fourth-order valence-corrected chi connectivity index (χ4v) is 4.91. The lowest BCUT2D eigenvalue weighted by atomic mass is 10.1. The maximum Gasteiger partial charge on any atom is 0.289 e. The molecule has 6 nitrogen and oxygen atoms in total. The number of carbonyl (C=O) groups excluding carboxylic acids is 1. The molecule has 3 aromatic rings. The van der Waals surface area contributed by atoms with E-state index in [0.717, 1.165) is 43.6 Å². The van der Waals surface area contributed by atoms with Gasteiger partial charge in [0.1, 0.15) is 17.6 Å². The van der Waals surface area contributed by atoms with Crippen LogP contribution in [0.5, 0.6) is 5.75 Å². The van der Waals surface area contributed by atoms with Crippen LogP contribution in [0.15, 0.2) is 46.9 Å². The van der Waals surface area contributed by atoms with Gasteiger partial charge in [-0.2, -0.15) is 0 Å². The van der Waals surface area contributed by atoms with E-state index in [-0.39, 0.29) is 29.1 Å². The standard InChI is InChI=1S/C27H27ClF3N3O3/c28-20-13-17(1-2-24(20)36-19-5-7-32-8-6-19)16-33-9-11-34(12-10-33)27(35)25-4-3-23(37-25)18-14-21(29)26(31)22(30)15-18/h1-4,13-15,19,32H,5-12,16H2. The fourth-order valence-electron chi connectivity index (χ4n) is 4.66. The minimum absolute atomic E-state index is 0.0195. The van der Waals surface area contributed by atoms with E-state index >= 15 is 0 Å². The van der Waals surface area contributed by atoms with Crippen LogP contribution in [-0.2, 0) is 6.54 Å². The third kappa shape index (κ3) is 5.95. The zero-order valence-corrected chi connectivity index (χ0v) is 20.9. The van der Waals surface area contributed by atoms with Crippen LogP contribution in [0.25, 0.3) is 11.3 Å². The van der Waals surface area contributed by atoms with Crippen molar-refractivity contribution in [3.63, 3.8) is 0 Å². The number of furan rings is 1. The van der Waals surface area contributed by atoms with E-state index in [9.17, 15) is 18.0 Å². The number of hydrogen-bond acceptors (Lipinski definition) is 5. The Balaban J connectivity index is 1.15. The van der Waals surface area contributed by atoms with E-state index in [1.54, 1.807) is 4.90 Å². The third-order valence-electron chi connectivity index (χ3n) is 6.73. The van der Waals surface area contributed by atoms with Crippen LogP contribution < -0.4 is 10.1 Å². The molecule has 2 aliphatic heterocycles. The van der Waals surface area contributed by atoms with Crippen molar-refractivity contribution in [3.8, 4) is 17.1 Å². The Bertz CT molecular complexity index is 1250. The second-order valence-corrected chi connectivity index (χ2v) is 9.73. The number of ether oxygens (including phenoxy) is 1. The van der Waals surface area contributed by atoms with Crippen LogP contribution in [0, 0.1) is 17.5 Å². The van der Waals surface area contributed by atoms with Crippen molar-refractivity contribution >= 4 is 17.5 Å². The molecule has 196 valence electrons. The van der Waals surface area contributed by atoms with Gasteiger partial charge in [-0.05, 0) is 67.9 Å². The van der Waals surface area contributed by atoms with E-state index in [4.69, 9.17) is 20.8 Å². The minimum Gasteiger partial charge on any atom is -0.489 e. The molecule has 5 rings (SSSR count). The van der Waals surface area contributed by atoms with Crippen LogP contribution in [0.2, 0.25) is 5.02 Å². The van der Waals surface area contributed by atoms with Crippen LogP contribution in [-0.4, -0.2) is 61.1 Å². The summed E-state index contributed by atoms with van der Waals surface area (Å²) in [4.78, 5) is 16.8. The number of carbonyl (C=O) groups is 1. The van der Waals surface area contributed by atoms with E-state index in [0.29, 0.717) is 43.5 Å². The van der Waals surface area contributed by atoms with Crippen LogP contribution >= 0.6 is 11.6 Å². The Morgan fingerprint density at radius 3 is 2.38 bits per heavy atom. The molecule has 2 aromatic carbocycles. The Kier molecular flexibility index (Phi) is 7.73. The highest BCUT2D eigenvalue weighted by Crippen LogP contribution is 2.29. The summed E-state index contributed by atoms with van der Waals surface area (Å²) in [5.74, 6) is -3.64. The molecule has 2 saturated heterocycles. The molecule has 0 spiro atoms. The molecule has 1 aromatic heterocycles. The van der Waals surface area contributed by atoms with Crippen molar-refractivity contribution in [3.05, 3.63) is 76.3 Å². The van der Waals surface area contributed by atoms with Crippen molar-refractivity contribution in [2.24, 2.45) is 0 Å². The maximum atomic E-state index is 13.6. The first-order valence-corrected chi connectivity index (χ1v) is 12.7. The lowest BCUT2D eigenvalue weighted by Crippen LogP contribution is -2.48. The first kappa shape index (κ1) is 25.6. The highest BCUT2D eigenvalue weighted by atomic mass is 35.5. The maximum absolute atomic E-state index is 13.6. The molecule has 0 radical (unpaired) electrons. The minimum atomic E-state index is -1.55. The Labute approximate surface area is 217 Å². The summed E-state index contributed by atoms with van der Waals surface area (Å²) >= 11 is 6.49. The van der Waals surface area contributed by atoms with Gasteiger partial charge in [0.15, 0.2) is 23.2 Å². The number of amides is 1. The summed E-state index contributed by atoms with van der Waals surface area (Å²) in [5.41, 5.74) is 1.09. The smallest absolute Gasteiger partial charge is 0.289 e. The highest BCUT2D eigenvalue weighted by Gasteiger charge is 2.25. The van der Waals surface area contributed by atoms with Gasteiger partial charge in [0, 0.05) is 38.3 Å². The zero-order chi connectivity index (χ0) is 25.9. The third-order valence-corrected chi connectivity index (χ3v) is 7.02. The zero-order valence-electron chi connectivity index (χ0n) is 20.1. The van der Waals surface area contributed by atoms with Crippen LogP contribution in [0.1, 0.15) is 29.0 Å². The molecule has 0 bridgehead atoms. The average Bonchev–Trinajstić information content (AvgIpc) is 3.40. The van der Waals surface area contributed by atoms with Gasteiger partial charge in [-0.15, -0.1) is 0 Å². The molecular weight excluding hydrogens is 507 g/mol. The van der Waals surface area contributed by atoms with Crippen LogP contribution in [0.4, 0.5) is 13.2 Å². The summed E-state index contributed by atoms with van der Waals surface area (Å²) in [5, 5.41) is 3.91. The lowest BCUT2D eigenvalue weighted by molar-refractivity contribution is 0.0598. The summed E-state index contributed by atoms with van der Waals surface area (Å²) in [6.07, 6.45) is 2.10. The fraction of sp³-hybridized carbons (Fsp3) is 0.370. The molecule has 1 N–H and O–H groups in total. The summed E-state index contributed by atoms with van der Waals surface area (Å²) in [6, 6.07) is 10.4. The largest absolute Gasteiger partial charge is 0.489 e. The van der Waals surface area contributed by atoms with Crippen LogP contribution in [0.3, 0.4) is 0 Å². The van der Waals surface area contributed by atoms with Crippen molar-refractivity contribution < 1.29 is 27.1 Å². The van der Waals surface area contributed by atoms with Crippen molar-refractivity contribution in [2.75, 3.05) is 39.3 Å². The molecule has 2 fully saturated rings. The first-order valence-electron chi connectivity index (χ1n) is 12.3. The quantitative estimate of drug-likeness (QED) is 0.447. The van der Waals surface area contributed by atoms with Gasteiger partial charge in [-0.1, -0.05) is 17.7 Å². The monoisotopic (exact) mass is 533 g/mol. The van der Waals surface area contributed by atoms with E-state index < -0.39 is 17.5 Å². The molecule has 1 amide bonds. The molecule has 0 atom stereocenters. The molecule has 10 heteroatoms. The summed E-state index contributed by atoms with van der Waals surface area (Å²) < 4.78 is 52.0. The van der Waals surface area contributed by atoms with E-state index in [1.807, 2.05) is 18.2 Å². The van der Waals surface area contributed by atoms with Gasteiger partial charge in [0.25, 0.3) is 5.91 Å². The second-order valence-electron chi connectivity index (χ2n) is 9.32. The van der Waals surface area contributed by atoms with Gasteiger partial charge in [0.05, 0.1) is 5.02 Å². The molecule has 3 heterocycles. The Morgan fingerprint density at radius 1 is 1.00 bits per heavy atom. The number of nitrogens with one attached hydrogen (secondary N) is 1. The van der Waals surface area contributed by atoms with Gasteiger partial charge in [0.2, 0.25) is 0 Å². The second kappa shape index (κ2) is 11.2. The highest BCUT2D eigenvalue weighted by molar-refractivity contribution is 6.32. The number of rotatable bonds is 6. The van der Waals surface area contributed by atoms with Gasteiger partial charge >= 0.3 is 0 Å². The topological polar surface area (TPSA) is 58.0 Å². The van der Waals surface area contributed by atoms with Crippen molar-refractivity contribution in [1.82, 2.24) is 15.1 Å². The Hall–Kier alpha value is -3.01. The number of piperazine rings is 1. The number of piperidine rings is 1. The first-order chi connectivity index (χ1) is 17.9. The average molecular weight is 534 g/mol. The van der Waals surface area contributed by atoms with Gasteiger partial charge < -0.3 is 19.4 Å². The molecule has 0 aliphatic carbocycles. The van der Waals surface area contributed by atoms with Gasteiger partial charge in [-0.25, -0.2) is 13.2 Å². The molecule has 2 aliphatic rings. The van der Waals surface area contributed by atoms with E-state index in [1.165, 1.54) is 12.1 Å².